The number of aryl methyl sites for hydroxylation is 1. The molecule has 1 aromatic heterocycles. The van der Waals surface area contributed by atoms with Crippen LogP contribution < -0.4 is 10.0 Å². The zero-order chi connectivity index (χ0) is 16.2. The number of hydrogen-bond acceptors (Lipinski definition) is 4. The van der Waals surface area contributed by atoms with Gasteiger partial charge in [-0.25, -0.2) is 13.1 Å². The third kappa shape index (κ3) is 4.30. The van der Waals surface area contributed by atoms with Crippen LogP contribution in [-0.4, -0.2) is 31.1 Å². The summed E-state index contributed by atoms with van der Waals surface area (Å²) in [4.78, 5) is 11.7. The third-order valence-corrected chi connectivity index (χ3v) is 4.70. The Kier molecular flexibility index (Phi) is 5.17. The molecule has 22 heavy (non-hydrogen) atoms. The summed E-state index contributed by atoms with van der Waals surface area (Å²) in [5.41, 5.74) is 0.815. The number of benzene rings is 1. The van der Waals surface area contributed by atoms with Gasteiger partial charge < -0.3 is 5.32 Å². The predicted molar refractivity (Wildman–Crippen MR) is 83.2 cm³/mol. The summed E-state index contributed by atoms with van der Waals surface area (Å²) in [6.45, 7) is 1.77. The monoisotopic (exact) mass is 342 g/mol. The van der Waals surface area contributed by atoms with Gasteiger partial charge >= 0.3 is 0 Å². The van der Waals surface area contributed by atoms with E-state index in [0.717, 1.165) is 5.69 Å². The van der Waals surface area contributed by atoms with Gasteiger partial charge in [0.25, 0.3) is 0 Å². The lowest BCUT2D eigenvalue weighted by atomic mass is 10.4. The van der Waals surface area contributed by atoms with Gasteiger partial charge in [0.1, 0.15) is 4.90 Å². The highest BCUT2D eigenvalue weighted by molar-refractivity contribution is 7.89. The smallest absolute Gasteiger partial charge is 0.242 e. The molecule has 1 aromatic carbocycles. The van der Waals surface area contributed by atoms with Crippen molar-refractivity contribution in [1.29, 1.82) is 0 Å². The first kappa shape index (κ1) is 16.5. The Balaban J connectivity index is 1.88. The summed E-state index contributed by atoms with van der Waals surface area (Å²) in [6.07, 6.45) is -0.0183. The molecular formula is C13H15ClN4O3S. The summed E-state index contributed by atoms with van der Waals surface area (Å²) in [6, 6.07) is 7.78. The summed E-state index contributed by atoms with van der Waals surface area (Å²) in [5.74, 6) is 0.0600. The zero-order valence-corrected chi connectivity index (χ0v) is 13.3. The Labute approximate surface area is 133 Å². The van der Waals surface area contributed by atoms with Gasteiger partial charge in [-0.3, -0.25) is 9.89 Å². The minimum absolute atomic E-state index is 0.0139. The molecule has 0 aliphatic carbocycles. The van der Waals surface area contributed by atoms with E-state index in [1.807, 2.05) is 0 Å². The van der Waals surface area contributed by atoms with Crippen LogP contribution >= 0.6 is 11.6 Å². The van der Waals surface area contributed by atoms with Crippen LogP contribution in [-0.2, 0) is 14.8 Å². The van der Waals surface area contributed by atoms with Crippen molar-refractivity contribution in [2.24, 2.45) is 0 Å². The van der Waals surface area contributed by atoms with Crippen LogP contribution in [0.2, 0.25) is 5.02 Å². The van der Waals surface area contributed by atoms with Crippen LogP contribution in [0.25, 0.3) is 0 Å². The second-order valence-electron chi connectivity index (χ2n) is 4.56. The Bertz CT molecular complexity index is 773. The Hall–Kier alpha value is -1.90. The molecule has 118 valence electrons. The molecule has 0 bridgehead atoms. The van der Waals surface area contributed by atoms with Gasteiger partial charge in [-0.2, -0.15) is 5.10 Å². The van der Waals surface area contributed by atoms with Crippen LogP contribution in [0.4, 0.5) is 5.82 Å². The molecule has 1 amide bonds. The molecule has 0 fully saturated rings. The molecule has 0 aliphatic heterocycles. The molecular weight excluding hydrogens is 328 g/mol. The van der Waals surface area contributed by atoms with Gasteiger partial charge in [0.2, 0.25) is 15.9 Å². The Morgan fingerprint density at radius 3 is 2.73 bits per heavy atom. The van der Waals surface area contributed by atoms with Gasteiger partial charge in [0.05, 0.1) is 5.02 Å². The normalized spacial score (nSPS) is 11.4. The molecule has 0 spiro atoms. The molecule has 0 saturated heterocycles. The number of halogens is 1. The standard InChI is InChI=1S/C13H15ClN4O3S/c1-9-8-12(18-17-9)16-13(19)6-7-15-22(20,21)11-5-3-2-4-10(11)14/h2-5,8,15H,6-7H2,1H3,(H2,16,17,18,19). The van der Waals surface area contributed by atoms with E-state index < -0.39 is 10.0 Å². The van der Waals surface area contributed by atoms with Crippen molar-refractivity contribution in [2.75, 3.05) is 11.9 Å². The largest absolute Gasteiger partial charge is 0.309 e. The number of carbonyl (C=O) groups is 1. The number of amides is 1. The maximum atomic E-state index is 12.1. The zero-order valence-electron chi connectivity index (χ0n) is 11.8. The number of hydrogen-bond donors (Lipinski definition) is 3. The van der Waals surface area contributed by atoms with Crippen LogP contribution in [0.5, 0.6) is 0 Å². The minimum Gasteiger partial charge on any atom is -0.309 e. The summed E-state index contributed by atoms with van der Waals surface area (Å²) >= 11 is 5.85. The summed E-state index contributed by atoms with van der Waals surface area (Å²) < 4.78 is 26.4. The molecule has 1 heterocycles. The van der Waals surface area contributed by atoms with Crippen LogP contribution in [0, 0.1) is 6.92 Å². The predicted octanol–water partition coefficient (Wildman–Crippen LogP) is 1.68. The molecule has 0 aliphatic rings. The molecule has 0 radical (unpaired) electrons. The first-order valence-corrected chi connectivity index (χ1v) is 8.30. The van der Waals surface area contributed by atoms with Crippen LogP contribution in [0.1, 0.15) is 12.1 Å². The van der Waals surface area contributed by atoms with Crippen molar-refractivity contribution in [1.82, 2.24) is 14.9 Å². The number of nitrogens with one attached hydrogen (secondary N) is 3. The molecule has 3 N–H and O–H groups in total. The summed E-state index contributed by atoms with van der Waals surface area (Å²) in [5, 5.41) is 9.24. The van der Waals surface area contributed by atoms with E-state index in [4.69, 9.17) is 11.6 Å². The lowest BCUT2D eigenvalue weighted by Crippen LogP contribution is -2.28. The molecule has 7 nitrogen and oxygen atoms in total. The van der Waals surface area contributed by atoms with Crippen LogP contribution in [0.3, 0.4) is 0 Å². The van der Waals surface area contributed by atoms with Gasteiger partial charge in [-0.15, -0.1) is 0 Å². The third-order valence-electron chi connectivity index (χ3n) is 2.74. The number of aromatic amines is 1. The van der Waals surface area contributed by atoms with E-state index >= 15 is 0 Å². The highest BCUT2D eigenvalue weighted by atomic mass is 35.5. The maximum Gasteiger partial charge on any atom is 0.242 e. The fourth-order valence-corrected chi connectivity index (χ4v) is 3.28. The van der Waals surface area contributed by atoms with Gasteiger partial charge in [0.15, 0.2) is 5.82 Å². The second-order valence-corrected chi connectivity index (χ2v) is 6.71. The fourth-order valence-electron chi connectivity index (χ4n) is 1.73. The number of rotatable bonds is 6. The molecule has 0 saturated carbocycles. The number of sulfonamides is 1. The average Bonchev–Trinajstić information content (AvgIpc) is 2.84. The second kappa shape index (κ2) is 6.91. The van der Waals surface area contributed by atoms with Crippen molar-refractivity contribution in [3.05, 3.63) is 41.0 Å². The van der Waals surface area contributed by atoms with Crippen molar-refractivity contribution >= 4 is 33.3 Å². The minimum atomic E-state index is -3.74. The van der Waals surface area contributed by atoms with E-state index in [1.54, 1.807) is 25.1 Å². The van der Waals surface area contributed by atoms with E-state index in [2.05, 4.69) is 20.2 Å². The number of carbonyl (C=O) groups excluding carboxylic acids is 1. The molecule has 9 heteroatoms. The van der Waals surface area contributed by atoms with Crippen LogP contribution in [0.15, 0.2) is 35.2 Å². The van der Waals surface area contributed by atoms with Crippen molar-refractivity contribution < 1.29 is 13.2 Å². The lowest BCUT2D eigenvalue weighted by Gasteiger charge is -2.08. The quantitative estimate of drug-likeness (QED) is 0.742. The molecule has 2 aromatic rings. The molecule has 0 atom stereocenters. The number of aromatic nitrogens is 2. The van der Waals surface area contributed by atoms with E-state index in [-0.39, 0.29) is 28.8 Å². The highest BCUT2D eigenvalue weighted by Crippen LogP contribution is 2.19. The van der Waals surface area contributed by atoms with Gasteiger partial charge in [0, 0.05) is 24.7 Å². The maximum absolute atomic E-state index is 12.1. The fraction of sp³-hybridized carbons (Fsp3) is 0.231. The van der Waals surface area contributed by atoms with E-state index in [1.165, 1.54) is 12.1 Å². The summed E-state index contributed by atoms with van der Waals surface area (Å²) in [7, 11) is -3.74. The lowest BCUT2D eigenvalue weighted by molar-refractivity contribution is -0.116. The number of H-pyrrole nitrogens is 1. The van der Waals surface area contributed by atoms with Gasteiger partial charge in [-0.05, 0) is 19.1 Å². The van der Waals surface area contributed by atoms with Gasteiger partial charge in [-0.1, -0.05) is 23.7 Å². The highest BCUT2D eigenvalue weighted by Gasteiger charge is 2.17. The topological polar surface area (TPSA) is 104 Å². The Morgan fingerprint density at radius 1 is 1.36 bits per heavy atom. The SMILES string of the molecule is Cc1cc(NC(=O)CCNS(=O)(=O)c2ccccc2Cl)n[nH]1. The first-order valence-electron chi connectivity index (χ1n) is 6.44. The van der Waals surface area contributed by atoms with Crippen molar-refractivity contribution in [3.63, 3.8) is 0 Å². The first-order chi connectivity index (χ1) is 10.4. The van der Waals surface area contributed by atoms with Crippen molar-refractivity contribution in [3.8, 4) is 0 Å². The number of anilines is 1. The van der Waals surface area contributed by atoms with E-state index in [0.29, 0.717) is 5.82 Å². The molecule has 2 rings (SSSR count). The number of nitrogens with zero attached hydrogens (tertiary/aromatic N) is 1. The average molecular weight is 343 g/mol. The van der Waals surface area contributed by atoms with E-state index in [9.17, 15) is 13.2 Å². The Morgan fingerprint density at radius 2 is 2.09 bits per heavy atom. The van der Waals surface area contributed by atoms with Crippen molar-refractivity contribution in [2.45, 2.75) is 18.2 Å². The molecule has 0 unspecified atom stereocenters.